The van der Waals surface area contributed by atoms with Gasteiger partial charge >= 0.3 is 0 Å². The summed E-state index contributed by atoms with van der Waals surface area (Å²) in [6.07, 6.45) is 1.48. The first kappa shape index (κ1) is 14.5. The van der Waals surface area contributed by atoms with Crippen LogP contribution in [0, 0.1) is 12.8 Å². The Morgan fingerprint density at radius 1 is 1.58 bits per heavy atom. The van der Waals surface area contributed by atoms with E-state index in [2.05, 4.69) is 28.2 Å². The molecule has 1 aliphatic heterocycles. The zero-order chi connectivity index (χ0) is 13.8. The molecular weight excluding hydrogens is 306 g/mol. The molecule has 1 saturated heterocycles. The lowest BCUT2D eigenvalue weighted by molar-refractivity contribution is -0.121. The lowest BCUT2D eigenvalue weighted by Gasteiger charge is -2.19. The molecule has 2 rings (SSSR count). The maximum absolute atomic E-state index is 12.1. The summed E-state index contributed by atoms with van der Waals surface area (Å²) < 4.78 is 6.40. The number of ether oxygens (including phenoxy) is 1. The summed E-state index contributed by atoms with van der Waals surface area (Å²) in [6, 6.07) is 6.20. The van der Waals surface area contributed by atoms with Crippen molar-refractivity contribution in [2.45, 2.75) is 32.7 Å². The third kappa shape index (κ3) is 4.05. The van der Waals surface area contributed by atoms with E-state index >= 15 is 0 Å². The number of hydrogen-bond acceptors (Lipinski definition) is 2. The number of carbonyl (C=O) groups excluding carboxylic acids is 1. The largest absolute Gasteiger partial charge is 0.381 e. The van der Waals surface area contributed by atoms with Gasteiger partial charge in [-0.15, -0.1) is 0 Å². The molecule has 0 aliphatic carbocycles. The van der Waals surface area contributed by atoms with Crippen molar-refractivity contribution in [2.24, 2.45) is 5.92 Å². The number of rotatable bonds is 4. The summed E-state index contributed by atoms with van der Waals surface area (Å²) in [5.41, 5.74) is 2.22. The van der Waals surface area contributed by atoms with Crippen LogP contribution in [0.5, 0.6) is 0 Å². The van der Waals surface area contributed by atoms with E-state index in [-0.39, 0.29) is 11.9 Å². The Labute approximate surface area is 122 Å². The molecule has 104 valence electrons. The molecule has 1 N–H and O–H groups in total. The molecule has 1 amide bonds. The summed E-state index contributed by atoms with van der Waals surface area (Å²) in [4.78, 5) is 12.1. The van der Waals surface area contributed by atoms with Crippen molar-refractivity contribution in [3.8, 4) is 0 Å². The number of aryl methyl sites for hydroxylation is 1. The van der Waals surface area contributed by atoms with Crippen molar-refractivity contribution in [3.05, 3.63) is 33.8 Å². The fourth-order valence-corrected chi connectivity index (χ4v) is 2.88. The second-order valence-corrected chi connectivity index (χ2v) is 6.14. The third-order valence-electron chi connectivity index (χ3n) is 3.72. The normalized spacial score (nSPS) is 20.3. The van der Waals surface area contributed by atoms with Crippen LogP contribution in [0.1, 0.15) is 24.5 Å². The molecule has 2 atom stereocenters. The van der Waals surface area contributed by atoms with Crippen molar-refractivity contribution in [3.63, 3.8) is 0 Å². The average molecular weight is 326 g/mol. The topological polar surface area (TPSA) is 38.3 Å². The van der Waals surface area contributed by atoms with Gasteiger partial charge in [-0.3, -0.25) is 4.79 Å². The fourth-order valence-electron chi connectivity index (χ4n) is 2.40. The van der Waals surface area contributed by atoms with Crippen LogP contribution in [-0.2, 0) is 16.0 Å². The average Bonchev–Trinajstić information content (AvgIpc) is 2.86. The Kier molecular flexibility index (Phi) is 4.99. The Bertz CT molecular complexity index is 455. The molecule has 1 heterocycles. The maximum atomic E-state index is 12.1. The molecule has 0 bridgehead atoms. The van der Waals surface area contributed by atoms with Crippen LogP contribution < -0.4 is 5.32 Å². The van der Waals surface area contributed by atoms with Gasteiger partial charge < -0.3 is 10.1 Å². The number of benzene rings is 1. The minimum Gasteiger partial charge on any atom is -0.381 e. The maximum Gasteiger partial charge on any atom is 0.224 e. The third-order valence-corrected chi connectivity index (χ3v) is 4.21. The Balaban J connectivity index is 1.89. The highest BCUT2D eigenvalue weighted by Gasteiger charge is 2.23. The van der Waals surface area contributed by atoms with E-state index < -0.39 is 0 Å². The lowest BCUT2D eigenvalue weighted by Crippen LogP contribution is -2.39. The molecule has 4 heteroatoms. The van der Waals surface area contributed by atoms with Gasteiger partial charge in [0.2, 0.25) is 5.91 Å². The molecule has 1 fully saturated rings. The molecule has 0 unspecified atom stereocenters. The Morgan fingerprint density at radius 2 is 2.37 bits per heavy atom. The van der Waals surface area contributed by atoms with E-state index in [4.69, 9.17) is 4.74 Å². The van der Waals surface area contributed by atoms with E-state index in [1.165, 1.54) is 0 Å². The van der Waals surface area contributed by atoms with Crippen molar-refractivity contribution in [1.82, 2.24) is 5.32 Å². The van der Waals surface area contributed by atoms with Gasteiger partial charge in [-0.05, 0) is 43.5 Å². The first-order chi connectivity index (χ1) is 9.06. The summed E-state index contributed by atoms with van der Waals surface area (Å²) >= 11 is 3.43. The monoisotopic (exact) mass is 325 g/mol. The van der Waals surface area contributed by atoms with Crippen LogP contribution in [0.25, 0.3) is 0 Å². The molecule has 1 aromatic carbocycles. The smallest absolute Gasteiger partial charge is 0.224 e. The number of carbonyl (C=O) groups is 1. The minimum absolute atomic E-state index is 0.0878. The molecule has 0 saturated carbocycles. The van der Waals surface area contributed by atoms with Gasteiger partial charge in [0.1, 0.15) is 0 Å². The van der Waals surface area contributed by atoms with E-state index in [1.54, 1.807) is 0 Å². The molecule has 3 nitrogen and oxygen atoms in total. The van der Waals surface area contributed by atoms with Crippen molar-refractivity contribution >= 4 is 21.8 Å². The molecule has 0 radical (unpaired) electrons. The quantitative estimate of drug-likeness (QED) is 0.924. The second-order valence-electron chi connectivity index (χ2n) is 5.23. The van der Waals surface area contributed by atoms with Gasteiger partial charge in [0.15, 0.2) is 0 Å². The van der Waals surface area contributed by atoms with Crippen LogP contribution in [0.3, 0.4) is 0 Å². The summed E-state index contributed by atoms with van der Waals surface area (Å²) in [5, 5.41) is 3.08. The zero-order valence-electron chi connectivity index (χ0n) is 11.4. The standard InChI is InChI=1S/C15H20BrNO2/c1-10-7-14(16)4-3-12(10)8-15(18)17-11(2)13-5-6-19-9-13/h3-4,7,11,13H,5-6,8-9H2,1-2H3,(H,17,18)/t11-,13-/m0/s1. The van der Waals surface area contributed by atoms with Crippen molar-refractivity contribution < 1.29 is 9.53 Å². The lowest BCUT2D eigenvalue weighted by atomic mass is 10.00. The number of hydrogen-bond donors (Lipinski definition) is 1. The number of nitrogens with one attached hydrogen (secondary N) is 1. The van der Waals surface area contributed by atoms with Gasteiger partial charge in [0, 0.05) is 23.0 Å². The highest BCUT2D eigenvalue weighted by Crippen LogP contribution is 2.18. The van der Waals surface area contributed by atoms with E-state index in [9.17, 15) is 4.79 Å². The van der Waals surface area contributed by atoms with Crippen molar-refractivity contribution in [1.29, 1.82) is 0 Å². The SMILES string of the molecule is Cc1cc(Br)ccc1CC(=O)N[C@@H](C)[C@H]1CCOC1. The molecular formula is C15H20BrNO2. The van der Waals surface area contributed by atoms with Crippen molar-refractivity contribution in [2.75, 3.05) is 13.2 Å². The second kappa shape index (κ2) is 6.53. The van der Waals surface area contributed by atoms with Gasteiger partial charge in [0.25, 0.3) is 0 Å². The molecule has 0 aromatic heterocycles. The first-order valence-electron chi connectivity index (χ1n) is 6.68. The molecule has 1 aliphatic rings. The van der Waals surface area contributed by atoms with Gasteiger partial charge in [-0.25, -0.2) is 0 Å². The Hall–Kier alpha value is -0.870. The summed E-state index contributed by atoms with van der Waals surface area (Å²) in [5.74, 6) is 0.541. The highest BCUT2D eigenvalue weighted by atomic mass is 79.9. The predicted octanol–water partition coefficient (Wildman–Crippen LogP) is 2.84. The molecule has 19 heavy (non-hydrogen) atoms. The van der Waals surface area contributed by atoms with E-state index in [0.29, 0.717) is 12.3 Å². The Morgan fingerprint density at radius 3 is 3.00 bits per heavy atom. The van der Waals surface area contributed by atoms with E-state index in [0.717, 1.165) is 35.2 Å². The summed E-state index contributed by atoms with van der Waals surface area (Å²) in [6.45, 7) is 5.67. The molecule has 1 aromatic rings. The zero-order valence-corrected chi connectivity index (χ0v) is 13.0. The fraction of sp³-hybridized carbons (Fsp3) is 0.533. The molecule has 0 spiro atoms. The summed E-state index contributed by atoms with van der Waals surface area (Å²) in [7, 11) is 0. The number of halogens is 1. The van der Waals surface area contributed by atoms with Crippen LogP contribution in [0.2, 0.25) is 0 Å². The first-order valence-corrected chi connectivity index (χ1v) is 7.47. The van der Waals surface area contributed by atoms with Crippen LogP contribution >= 0.6 is 15.9 Å². The number of amides is 1. The van der Waals surface area contributed by atoms with Crippen LogP contribution in [0.15, 0.2) is 22.7 Å². The highest BCUT2D eigenvalue weighted by molar-refractivity contribution is 9.10. The minimum atomic E-state index is 0.0878. The van der Waals surface area contributed by atoms with Gasteiger partial charge in [-0.1, -0.05) is 22.0 Å². The van der Waals surface area contributed by atoms with Gasteiger partial charge in [0.05, 0.1) is 13.0 Å². The van der Waals surface area contributed by atoms with E-state index in [1.807, 2.05) is 25.1 Å². The predicted molar refractivity (Wildman–Crippen MR) is 79.1 cm³/mol. The van der Waals surface area contributed by atoms with Crippen LogP contribution in [-0.4, -0.2) is 25.2 Å². The van der Waals surface area contributed by atoms with Crippen LogP contribution in [0.4, 0.5) is 0 Å². The van der Waals surface area contributed by atoms with Gasteiger partial charge in [-0.2, -0.15) is 0 Å².